The van der Waals surface area contributed by atoms with Crippen LogP contribution in [-0.4, -0.2) is 22.1 Å². The number of para-hydroxylation sites is 2. The summed E-state index contributed by atoms with van der Waals surface area (Å²) in [6, 6.07) is 7.09. The van der Waals surface area contributed by atoms with E-state index in [1.165, 1.54) is 4.57 Å². The average molecular weight is 244 g/mol. The molecule has 2 heterocycles. The van der Waals surface area contributed by atoms with Crippen LogP contribution >= 0.6 is 0 Å². The maximum absolute atomic E-state index is 11.7. The maximum Gasteiger partial charge on any atom is 0.324 e. The number of benzene rings is 1. The quantitative estimate of drug-likeness (QED) is 0.799. The van der Waals surface area contributed by atoms with Crippen molar-refractivity contribution in [3.05, 3.63) is 30.1 Å². The molecule has 0 bridgehead atoms. The van der Waals surface area contributed by atoms with Crippen LogP contribution in [0.5, 0.6) is 0 Å². The summed E-state index contributed by atoms with van der Waals surface area (Å²) in [4.78, 5) is 16.3. The van der Waals surface area contributed by atoms with Crippen LogP contribution in [0, 0.1) is 0 Å². The Labute approximate surface area is 105 Å². The summed E-state index contributed by atoms with van der Waals surface area (Å²) in [7, 11) is 0. The lowest BCUT2D eigenvalue weighted by atomic mass is 9.99. The molecule has 1 amide bonds. The number of primary amides is 1. The third-order valence-corrected chi connectivity index (χ3v) is 3.64. The lowest BCUT2D eigenvalue weighted by Gasteiger charge is -2.23. The highest BCUT2D eigenvalue weighted by Gasteiger charge is 2.36. The molecular weight excluding hydrogens is 228 g/mol. The number of nitrogens with one attached hydrogen (secondary N) is 1. The molecule has 0 spiro atoms. The Morgan fingerprint density at radius 3 is 2.94 bits per heavy atom. The van der Waals surface area contributed by atoms with Crippen molar-refractivity contribution in [2.45, 2.75) is 25.3 Å². The molecule has 1 atom stereocenters. The van der Waals surface area contributed by atoms with E-state index in [2.05, 4.69) is 17.2 Å². The van der Waals surface area contributed by atoms with Crippen molar-refractivity contribution in [2.24, 2.45) is 5.73 Å². The lowest BCUT2D eigenvalue weighted by Crippen LogP contribution is -2.38. The second-order valence-electron chi connectivity index (χ2n) is 4.96. The Morgan fingerprint density at radius 1 is 1.50 bits per heavy atom. The number of hydrogen-bond donors (Lipinski definition) is 2. The van der Waals surface area contributed by atoms with Gasteiger partial charge in [0.2, 0.25) is 0 Å². The number of hydrogen-bond acceptors (Lipinski definition) is 3. The van der Waals surface area contributed by atoms with E-state index in [0.29, 0.717) is 5.82 Å². The van der Waals surface area contributed by atoms with Crippen LogP contribution in [0.4, 0.5) is 4.79 Å². The summed E-state index contributed by atoms with van der Waals surface area (Å²) in [5, 5.41) is 3.41. The van der Waals surface area contributed by atoms with Crippen LogP contribution in [0.1, 0.15) is 25.6 Å². The lowest BCUT2D eigenvalue weighted by molar-refractivity contribution is 0.248. The second-order valence-corrected chi connectivity index (χ2v) is 4.96. The van der Waals surface area contributed by atoms with E-state index in [-0.39, 0.29) is 5.54 Å². The molecular formula is C13H16N4O. The summed E-state index contributed by atoms with van der Waals surface area (Å²) in [5.41, 5.74) is 6.82. The average Bonchev–Trinajstić information content (AvgIpc) is 2.93. The number of aromatic nitrogens is 2. The number of rotatable bonds is 1. The standard InChI is InChI=1S/C13H16N4O/c1-13(7-4-8-15-13)11-16-9-5-2-3-6-10(9)17(11)12(14)18/h2-3,5-6,15H,4,7-8H2,1H3,(H2,14,18). The predicted molar refractivity (Wildman–Crippen MR) is 69.3 cm³/mol. The van der Waals surface area contributed by atoms with Gasteiger partial charge >= 0.3 is 6.03 Å². The molecule has 5 nitrogen and oxygen atoms in total. The van der Waals surface area contributed by atoms with Crippen LogP contribution in [-0.2, 0) is 5.54 Å². The maximum atomic E-state index is 11.7. The Bertz CT molecular complexity index is 610. The van der Waals surface area contributed by atoms with Crippen LogP contribution in [0.3, 0.4) is 0 Å². The molecule has 2 aromatic rings. The molecule has 1 unspecified atom stereocenters. The Kier molecular flexibility index (Phi) is 2.38. The van der Waals surface area contributed by atoms with E-state index in [0.717, 1.165) is 30.4 Å². The number of amides is 1. The molecule has 94 valence electrons. The Balaban J connectivity index is 2.28. The van der Waals surface area contributed by atoms with E-state index >= 15 is 0 Å². The molecule has 3 N–H and O–H groups in total. The van der Waals surface area contributed by atoms with Crippen molar-refractivity contribution < 1.29 is 4.79 Å². The molecule has 0 radical (unpaired) electrons. The van der Waals surface area contributed by atoms with Crippen molar-refractivity contribution in [1.82, 2.24) is 14.9 Å². The summed E-state index contributed by atoms with van der Waals surface area (Å²) in [5.74, 6) is 0.716. The van der Waals surface area contributed by atoms with Crippen LogP contribution in [0.25, 0.3) is 11.0 Å². The van der Waals surface area contributed by atoms with Crippen molar-refractivity contribution >= 4 is 17.1 Å². The molecule has 3 rings (SSSR count). The van der Waals surface area contributed by atoms with Gasteiger partial charge in [0.05, 0.1) is 16.6 Å². The molecule has 0 aliphatic carbocycles. The highest BCUT2D eigenvalue weighted by atomic mass is 16.2. The SMILES string of the molecule is CC1(c2nc3ccccc3n2C(N)=O)CCCN1. The highest BCUT2D eigenvalue weighted by molar-refractivity contribution is 5.89. The van der Waals surface area contributed by atoms with Gasteiger partial charge in [-0.1, -0.05) is 12.1 Å². The monoisotopic (exact) mass is 244 g/mol. The molecule has 1 aromatic heterocycles. The highest BCUT2D eigenvalue weighted by Crippen LogP contribution is 2.31. The van der Waals surface area contributed by atoms with Gasteiger partial charge in [0.25, 0.3) is 0 Å². The summed E-state index contributed by atoms with van der Waals surface area (Å²) < 4.78 is 1.52. The Hall–Kier alpha value is -1.88. The molecule has 0 saturated carbocycles. The third kappa shape index (κ3) is 1.51. The molecule has 18 heavy (non-hydrogen) atoms. The van der Waals surface area contributed by atoms with E-state index in [1.54, 1.807) is 0 Å². The minimum absolute atomic E-state index is 0.270. The topological polar surface area (TPSA) is 72.9 Å². The van der Waals surface area contributed by atoms with Gasteiger partial charge in [-0.2, -0.15) is 0 Å². The summed E-state index contributed by atoms with van der Waals surface area (Å²) in [6.07, 6.45) is 2.04. The van der Waals surface area contributed by atoms with Gasteiger partial charge in [0, 0.05) is 0 Å². The van der Waals surface area contributed by atoms with Crippen LogP contribution in [0.15, 0.2) is 24.3 Å². The number of nitrogens with two attached hydrogens (primary N) is 1. The number of fused-ring (bicyclic) bond motifs is 1. The van der Waals surface area contributed by atoms with Gasteiger partial charge in [-0.15, -0.1) is 0 Å². The fraction of sp³-hybridized carbons (Fsp3) is 0.385. The van der Waals surface area contributed by atoms with Gasteiger partial charge in [-0.25, -0.2) is 14.3 Å². The normalized spacial score (nSPS) is 23.6. The van der Waals surface area contributed by atoms with E-state index in [4.69, 9.17) is 5.73 Å². The zero-order chi connectivity index (χ0) is 12.8. The fourth-order valence-electron chi connectivity index (χ4n) is 2.70. The molecule has 1 aliphatic rings. The molecule has 1 aliphatic heterocycles. The van der Waals surface area contributed by atoms with Crippen molar-refractivity contribution in [3.8, 4) is 0 Å². The minimum Gasteiger partial charge on any atom is -0.351 e. The predicted octanol–water partition coefficient (Wildman–Crippen LogP) is 1.56. The van der Waals surface area contributed by atoms with Crippen LogP contribution in [0.2, 0.25) is 0 Å². The molecule has 5 heteroatoms. The van der Waals surface area contributed by atoms with Gasteiger partial charge in [0.1, 0.15) is 5.82 Å². The first-order chi connectivity index (χ1) is 8.62. The van der Waals surface area contributed by atoms with Crippen molar-refractivity contribution in [1.29, 1.82) is 0 Å². The van der Waals surface area contributed by atoms with Crippen molar-refractivity contribution in [3.63, 3.8) is 0 Å². The largest absolute Gasteiger partial charge is 0.351 e. The second kappa shape index (κ2) is 3.81. The van der Waals surface area contributed by atoms with Crippen molar-refractivity contribution in [2.75, 3.05) is 6.54 Å². The summed E-state index contributed by atoms with van der Waals surface area (Å²) >= 11 is 0. The fourth-order valence-corrected chi connectivity index (χ4v) is 2.70. The molecule has 1 saturated heterocycles. The number of carbonyl (C=O) groups is 1. The first kappa shape index (κ1) is 11.2. The van der Waals surface area contributed by atoms with Gasteiger partial charge in [-0.05, 0) is 38.4 Å². The molecule has 1 aromatic carbocycles. The first-order valence-electron chi connectivity index (χ1n) is 6.15. The first-order valence-corrected chi connectivity index (χ1v) is 6.15. The smallest absolute Gasteiger partial charge is 0.324 e. The number of imidazole rings is 1. The van der Waals surface area contributed by atoms with E-state index in [1.807, 2.05) is 24.3 Å². The van der Waals surface area contributed by atoms with Crippen LogP contribution < -0.4 is 11.1 Å². The minimum atomic E-state index is -0.478. The summed E-state index contributed by atoms with van der Waals surface area (Å²) in [6.45, 7) is 3.01. The van der Waals surface area contributed by atoms with E-state index < -0.39 is 6.03 Å². The van der Waals surface area contributed by atoms with Gasteiger partial charge < -0.3 is 11.1 Å². The Morgan fingerprint density at radius 2 is 2.28 bits per heavy atom. The number of nitrogens with zero attached hydrogens (tertiary/aromatic N) is 2. The zero-order valence-electron chi connectivity index (χ0n) is 10.3. The number of carbonyl (C=O) groups excluding carboxylic acids is 1. The zero-order valence-corrected chi connectivity index (χ0v) is 10.3. The van der Waals surface area contributed by atoms with E-state index in [9.17, 15) is 4.79 Å². The van der Waals surface area contributed by atoms with Gasteiger partial charge in [-0.3, -0.25) is 0 Å². The molecule has 1 fully saturated rings. The third-order valence-electron chi connectivity index (χ3n) is 3.64. The van der Waals surface area contributed by atoms with Gasteiger partial charge in [0.15, 0.2) is 0 Å².